The predicted octanol–water partition coefficient (Wildman–Crippen LogP) is 5.65. The number of para-hydroxylation sites is 1. The molecule has 2 unspecified atom stereocenters. The molecule has 1 aliphatic heterocycles. The van der Waals surface area contributed by atoms with Crippen molar-refractivity contribution in [3.8, 4) is 5.75 Å². The van der Waals surface area contributed by atoms with Crippen LogP contribution in [-0.2, 0) is 0 Å². The van der Waals surface area contributed by atoms with Crippen molar-refractivity contribution >= 4 is 17.1 Å². The first-order valence-electron chi connectivity index (χ1n) is 9.31. The molecule has 0 saturated carbocycles. The van der Waals surface area contributed by atoms with E-state index < -0.39 is 0 Å². The number of nitrogens with zero attached hydrogens (tertiary/aromatic N) is 3. The van der Waals surface area contributed by atoms with E-state index in [-0.39, 0.29) is 11.6 Å². The number of quaternary nitrogens is 1. The molecule has 0 bridgehead atoms. The summed E-state index contributed by atoms with van der Waals surface area (Å²) < 4.78 is 5.99. The summed E-state index contributed by atoms with van der Waals surface area (Å²) in [5.41, 5.74) is 8.57. The predicted molar refractivity (Wildman–Crippen MR) is 111 cm³/mol. The monoisotopic (exact) mass is 353 g/mol. The summed E-state index contributed by atoms with van der Waals surface area (Å²) in [4.78, 5) is 2.50. The number of hydrogen-bond acceptors (Lipinski definition) is 2. The minimum absolute atomic E-state index is 0.0155. The smallest absolute Gasteiger partial charge is 0.127 e. The first-order chi connectivity index (χ1) is 12.2. The standard InChI is InChI=1S/C22H31N3O/c1-16-17(2)25(6,18-11-9-8-10-12-18)23-20-15-19(26-7)13-14-21(20)24(16)22(3,4)5/h8-17H,1-7H3/t16?,17-,25?/m0/s1. The molecular weight excluding hydrogens is 322 g/mol. The van der Waals surface area contributed by atoms with Crippen LogP contribution in [0.15, 0.2) is 48.5 Å². The van der Waals surface area contributed by atoms with Crippen molar-refractivity contribution in [2.75, 3.05) is 19.1 Å². The molecule has 0 saturated heterocycles. The molecule has 4 nitrogen and oxygen atoms in total. The van der Waals surface area contributed by atoms with Crippen LogP contribution in [0, 0.1) is 0 Å². The third-order valence-electron chi connectivity index (χ3n) is 5.66. The van der Waals surface area contributed by atoms with Crippen molar-refractivity contribution in [3.63, 3.8) is 0 Å². The van der Waals surface area contributed by atoms with Gasteiger partial charge in [0.1, 0.15) is 17.5 Å². The summed E-state index contributed by atoms with van der Waals surface area (Å²) in [5.74, 6) is 0.836. The summed E-state index contributed by atoms with van der Waals surface area (Å²) >= 11 is 0. The van der Waals surface area contributed by atoms with E-state index >= 15 is 0 Å². The van der Waals surface area contributed by atoms with E-state index in [9.17, 15) is 0 Å². The van der Waals surface area contributed by atoms with Crippen molar-refractivity contribution in [2.24, 2.45) is 0 Å². The highest BCUT2D eigenvalue weighted by molar-refractivity contribution is 5.78. The molecule has 0 radical (unpaired) electrons. The van der Waals surface area contributed by atoms with Crippen LogP contribution >= 0.6 is 0 Å². The second-order valence-corrected chi connectivity index (χ2v) is 8.34. The summed E-state index contributed by atoms with van der Waals surface area (Å²) in [7, 11) is 3.91. The van der Waals surface area contributed by atoms with Crippen LogP contribution in [0.25, 0.3) is 5.43 Å². The minimum atomic E-state index is -0.0155. The Morgan fingerprint density at radius 2 is 1.69 bits per heavy atom. The topological polar surface area (TPSA) is 26.6 Å². The maximum absolute atomic E-state index is 5.48. The Bertz CT molecular complexity index is 769. The van der Waals surface area contributed by atoms with Gasteiger partial charge < -0.3 is 19.7 Å². The number of hydrogen-bond donors (Lipinski definition) is 0. The van der Waals surface area contributed by atoms with E-state index in [2.05, 4.69) is 89.0 Å². The molecular formula is C22H31N3O. The number of ether oxygens (including phenoxy) is 1. The van der Waals surface area contributed by atoms with Crippen LogP contribution in [0.2, 0.25) is 0 Å². The molecule has 0 N–H and O–H groups in total. The zero-order valence-electron chi connectivity index (χ0n) is 17.0. The lowest BCUT2D eigenvalue weighted by Crippen LogP contribution is -2.59. The summed E-state index contributed by atoms with van der Waals surface area (Å²) in [6, 6.07) is 17.4. The second-order valence-electron chi connectivity index (χ2n) is 8.34. The molecule has 140 valence electrons. The van der Waals surface area contributed by atoms with Crippen LogP contribution in [0.4, 0.5) is 17.1 Å². The number of benzene rings is 2. The Morgan fingerprint density at radius 1 is 1.04 bits per heavy atom. The molecule has 0 aromatic heterocycles. The zero-order valence-corrected chi connectivity index (χ0v) is 17.0. The van der Waals surface area contributed by atoms with Gasteiger partial charge in [0.2, 0.25) is 0 Å². The maximum atomic E-state index is 5.48. The van der Waals surface area contributed by atoms with Crippen LogP contribution < -0.4 is 14.2 Å². The van der Waals surface area contributed by atoms with Gasteiger partial charge in [-0.3, -0.25) is 0 Å². The van der Waals surface area contributed by atoms with E-state index in [1.807, 2.05) is 6.07 Å². The molecule has 4 heteroatoms. The molecule has 2 aromatic rings. The Hall–Kier alpha value is -2.20. The van der Waals surface area contributed by atoms with Gasteiger partial charge in [-0.2, -0.15) is 0 Å². The molecule has 2 aromatic carbocycles. The van der Waals surface area contributed by atoms with E-state index in [0.717, 1.165) is 17.1 Å². The molecule has 0 fully saturated rings. The fourth-order valence-corrected chi connectivity index (χ4v) is 4.08. The SMILES string of the molecule is COc1ccc2c(c1)[N-][N+](C)(c1ccccc1)[C@@H](C)C(C)N2C(C)(C)C. The van der Waals surface area contributed by atoms with Crippen LogP contribution in [-0.4, -0.2) is 31.8 Å². The summed E-state index contributed by atoms with van der Waals surface area (Å²) in [5, 5.41) is 0. The van der Waals surface area contributed by atoms with Crippen molar-refractivity contribution in [3.05, 3.63) is 54.0 Å². The average Bonchev–Trinajstić information content (AvgIpc) is 2.69. The molecule has 1 heterocycles. The molecule has 0 amide bonds. The fraction of sp³-hybridized carbons (Fsp3) is 0.455. The average molecular weight is 354 g/mol. The van der Waals surface area contributed by atoms with E-state index in [1.54, 1.807) is 7.11 Å². The number of likely N-dealkylation sites (N-methyl/N-ethyl adjacent to an activating group) is 1. The van der Waals surface area contributed by atoms with Gasteiger partial charge in [0.15, 0.2) is 0 Å². The Kier molecular flexibility index (Phi) is 4.65. The normalized spacial score (nSPS) is 25.9. The lowest BCUT2D eigenvalue weighted by Gasteiger charge is -2.51. The molecule has 0 aliphatic carbocycles. The van der Waals surface area contributed by atoms with Gasteiger partial charge in [-0.1, -0.05) is 23.9 Å². The number of anilines is 1. The van der Waals surface area contributed by atoms with Gasteiger partial charge in [-0.25, -0.2) is 0 Å². The van der Waals surface area contributed by atoms with Gasteiger partial charge in [-0.15, -0.1) is 0 Å². The second kappa shape index (κ2) is 6.51. The van der Waals surface area contributed by atoms with E-state index in [4.69, 9.17) is 10.2 Å². The van der Waals surface area contributed by atoms with Crippen LogP contribution in [0.1, 0.15) is 34.6 Å². The highest BCUT2D eigenvalue weighted by atomic mass is 16.5. The quantitative estimate of drug-likeness (QED) is 0.652. The lowest BCUT2D eigenvalue weighted by molar-refractivity contribution is 0.275. The number of fused-ring (bicyclic) bond motifs is 1. The van der Waals surface area contributed by atoms with Gasteiger partial charge >= 0.3 is 0 Å². The Morgan fingerprint density at radius 3 is 2.27 bits per heavy atom. The molecule has 3 rings (SSSR count). The van der Waals surface area contributed by atoms with Crippen molar-refractivity contribution in [1.29, 1.82) is 0 Å². The van der Waals surface area contributed by atoms with Gasteiger partial charge in [-0.05, 0) is 65.0 Å². The van der Waals surface area contributed by atoms with Gasteiger partial charge in [0.05, 0.1) is 20.2 Å². The highest BCUT2D eigenvalue weighted by Crippen LogP contribution is 2.48. The van der Waals surface area contributed by atoms with Crippen molar-refractivity contribution in [1.82, 2.24) is 4.59 Å². The maximum Gasteiger partial charge on any atom is 0.127 e. The van der Waals surface area contributed by atoms with Crippen molar-refractivity contribution < 1.29 is 4.74 Å². The van der Waals surface area contributed by atoms with Gasteiger partial charge in [0.25, 0.3) is 0 Å². The third kappa shape index (κ3) is 3.03. The molecule has 1 aliphatic rings. The van der Waals surface area contributed by atoms with Crippen LogP contribution in [0.3, 0.4) is 0 Å². The Balaban J connectivity index is 2.22. The number of methoxy groups -OCH3 is 1. The lowest BCUT2D eigenvalue weighted by atomic mass is 9.97. The molecule has 0 spiro atoms. The summed E-state index contributed by atoms with van der Waals surface area (Å²) in [6.07, 6.45) is 0. The molecule has 26 heavy (non-hydrogen) atoms. The minimum Gasteiger partial charge on any atom is -0.497 e. The van der Waals surface area contributed by atoms with Gasteiger partial charge in [0, 0.05) is 11.2 Å². The summed E-state index contributed by atoms with van der Waals surface area (Å²) in [6.45, 7) is 11.4. The first kappa shape index (κ1) is 18.6. The number of rotatable bonds is 2. The van der Waals surface area contributed by atoms with Crippen molar-refractivity contribution in [2.45, 2.75) is 52.2 Å². The van der Waals surface area contributed by atoms with E-state index in [0.29, 0.717) is 10.6 Å². The zero-order chi connectivity index (χ0) is 19.1. The Labute approximate surface area is 157 Å². The highest BCUT2D eigenvalue weighted by Gasteiger charge is 2.40. The first-order valence-corrected chi connectivity index (χ1v) is 9.31. The van der Waals surface area contributed by atoms with Crippen LogP contribution in [0.5, 0.6) is 5.75 Å². The third-order valence-corrected chi connectivity index (χ3v) is 5.66. The fourth-order valence-electron chi connectivity index (χ4n) is 4.08. The largest absolute Gasteiger partial charge is 0.497 e. The van der Waals surface area contributed by atoms with E-state index in [1.165, 1.54) is 5.69 Å². The molecule has 3 atom stereocenters.